The van der Waals surface area contributed by atoms with E-state index in [-0.39, 0.29) is 5.88 Å². The molecule has 0 aliphatic carbocycles. The van der Waals surface area contributed by atoms with Crippen LogP contribution in [0.1, 0.15) is 0 Å². The van der Waals surface area contributed by atoms with E-state index in [4.69, 9.17) is 14.2 Å². The van der Waals surface area contributed by atoms with E-state index in [1.807, 2.05) is 30.5 Å². The Morgan fingerprint density at radius 2 is 1.97 bits per heavy atom. The second-order valence-electron chi connectivity index (χ2n) is 6.32. The predicted molar refractivity (Wildman–Crippen MR) is 107 cm³/mol. The van der Waals surface area contributed by atoms with Crippen LogP contribution >= 0.6 is 0 Å². The minimum Gasteiger partial charge on any atom is -0.494 e. The molecule has 0 aliphatic heterocycles. The van der Waals surface area contributed by atoms with Crippen molar-refractivity contribution >= 4 is 10.9 Å². The normalized spacial score (nSPS) is 11.1. The summed E-state index contributed by atoms with van der Waals surface area (Å²) in [6, 6.07) is 7.29. The molecular weight excluding hydrogens is 374 g/mol. The van der Waals surface area contributed by atoms with Crippen molar-refractivity contribution in [3.05, 3.63) is 42.9 Å². The van der Waals surface area contributed by atoms with Crippen LogP contribution in [0.15, 0.2) is 42.9 Å². The second-order valence-corrected chi connectivity index (χ2v) is 6.32. The topological polar surface area (TPSA) is 96.5 Å². The third kappa shape index (κ3) is 3.47. The number of fused-ring (bicyclic) bond motifs is 1. The third-order valence-electron chi connectivity index (χ3n) is 4.57. The first-order valence-electron chi connectivity index (χ1n) is 8.97. The molecule has 0 bridgehead atoms. The standard InChI is InChI=1S/C20H21N5O4/c1-27-9-8-24-7-6-18(23-24)25-12-16-14(20(25)26)4-5-15(22-16)13-10-17(28-2)19(29-3)21-11-13/h4-7,10-12,26H,8-9H2,1-3H3. The minimum absolute atomic E-state index is 0.0847. The van der Waals surface area contributed by atoms with E-state index in [0.717, 1.165) is 5.56 Å². The molecule has 0 saturated carbocycles. The lowest BCUT2D eigenvalue weighted by Crippen LogP contribution is -2.05. The monoisotopic (exact) mass is 395 g/mol. The van der Waals surface area contributed by atoms with E-state index in [1.165, 1.54) is 7.11 Å². The zero-order chi connectivity index (χ0) is 20.4. The lowest BCUT2D eigenvalue weighted by atomic mass is 10.1. The fraction of sp³-hybridized carbons (Fsp3) is 0.250. The summed E-state index contributed by atoms with van der Waals surface area (Å²) in [5.74, 6) is 1.62. The molecule has 4 aromatic rings. The molecule has 0 aliphatic rings. The SMILES string of the molecule is COCCn1ccc(-n2cc3nc(-c4cnc(OC)c(OC)c4)ccc3c2O)n1. The smallest absolute Gasteiger partial charge is 0.256 e. The first-order chi connectivity index (χ1) is 14.1. The van der Waals surface area contributed by atoms with E-state index in [2.05, 4.69) is 15.1 Å². The zero-order valence-electron chi connectivity index (χ0n) is 16.4. The lowest BCUT2D eigenvalue weighted by Gasteiger charge is -2.08. The Morgan fingerprint density at radius 1 is 1.10 bits per heavy atom. The van der Waals surface area contributed by atoms with Crippen LogP contribution in [0.4, 0.5) is 0 Å². The number of methoxy groups -OCH3 is 3. The van der Waals surface area contributed by atoms with Gasteiger partial charge in [-0.15, -0.1) is 0 Å². The van der Waals surface area contributed by atoms with Crippen molar-refractivity contribution in [2.45, 2.75) is 6.54 Å². The van der Waals surface area contributed by atoms with E-state index >= 15 is 0 Å². The van der Waals surface area contributed by atoms with Crippen molar-refractivity contribution in [1.29, 1.82) is 0 Å². The zero-order valence-corrected chi connectivity index (χ0v) is 16.4. The maximum atomic E-state index is 10.6. The van der Waals surface area contributed by atoms with Gasteiger partial charge in [-0.1, -0.05) is 0 Å². The summed E-state index contributed by atoms with van der Waals surface area (Å²) in [5.41, 5.74) is 2.12. The van der Waals surface area contributed by atoms with Gasteiger partial charge in [0.15, 0.2) is 11.6 Å². The van der Waals surface area contributed by atoms with Crippen molar-refractivity contribution < 1.29 is 19.3 Å². The Labute approximate surface area is 167 Å². The van der Waals surface area contributed by atoms with Crippen LogP contribution in [0.25, 0.3) is 28.0 Å². The van der Waals surface area contributed by atoms with E-state index < -0.39 is 0 Å². The van der Waals surface area contributed by atoms with Gasteiger partial charge in [-0.05, 0) is 18.2 Å². The summed E-state index contributed by atoms with van der Waals surface area (Å²) in [4.78, 5) is 8.93. The number of aromatic hydroxyl groups is 1. The molecule has 4 aromatic heterocycles. The highest BCUT2D eigenvalue weighted by molar-refractivity contribution is 5.87. The van der Waals surface area contributed by atoms with Crippen molar-refractivity contribution in [2.75, 3.05) is 27.9 Å². The first-order valence-corrected chi connectivity index (χ1v) is 8.97. The summed E-state index contributed by atoms with van der Waals surface area (Å²) < 4.78 is 18.9. The van der Waals surface area contributed by atoms with Gasteiger partial charge >= 0.3 is 0 Å². The molecule has 29 heavy (non-hydrogen) atoms. The summed E-state index contributed by atoms with van der Waals surface area (Å²) in [5, 5.41) is 15.7. The highest BCUT2D eigenvalue weighted by atomic mass is 16.5. The summed E-state index contributed by atoms with van der Waals surface area (Å²) in [7, 11) is 4.74. The number of nitrogens with zero attached hydrogens (tertiary/aromatic N) is 5. The molecule has 4 rings (SSSR count). The molecule has 4 heterocycles. The molecule has 0 fully saturated rings. The van der Waals surface area contributed by atoms with Crippen molar-refractivity contribution in [2.24, 2.45) is 0 Å². The predicted octanol–water partition coefficient (Wildman–Crippen LogP) is 2.65. The number of ether oxygens (including phenoxy) is 3. The highest BCUT2D eigenvalue weighted by Crippen LogP contribution is 2.33. The molecule has 0 aromatic carbocycles. The largest absolute Gasteiger partial charge is 0.494 e. The van der Waals surface area contributed by atoms with Gasteiger partial charge in [0.1, 0.15) is 0 Å². The number of rotatable bonds is 7. The van der Waals surface area contributed by atoms with Crippen LogP contribution in [-0.2, 0) is 11.3 Å². The summed E-state index contributed by atoms with van der Waals surface area (Å²) >= 11 is 0. The summed E-state index contributed by atoms with van der Waals surface area (Å²) in [6.45, 7) is 1.19. The molecule has 0 amide bonds. The lowest BCUT2D eigenvalue weighted by molar-refractivity contribution is 0.183. The maximum absolute atomic E-state index is 10.6. The molecule has 0 spiro atoms. The highest BCUT2D eigenvalue weighted by Gasteiger charge is 2.15. The molecule has 0 saturated heterocycles. The van der Waals surface area contributed by atoms with Gasteiger partial charge in [-0.25, -0.2) is 9.97 Å². The fourth-order valence-corrected chi connectivity index (χ4v) is 3.07. The number of aromatic nitrogens is 5. The Morgan fingerprint density at radius 3 is 2.72 bits per heavy atom. The van der Waals surface area contributed by atoms with E-state index in [1.54, 1.807) is 35.9 Å². The maximum Gasteiger partial charge on any atom is 0.256 e. The molecule has 0 atom stereocenters. The number of hydrogen-bond donors (Lipinski definition) is 1. The second kappa shape index (κ2) is 7.80. The van der Waals surface area contributed by atoms with Gasteiger partial charge in [0, 0.05) is 37.3 Å². The van der Waals surface area contributed by atoms with Crippen LogP contribution in [0.5, 0.6) is 17.5 Å². The van der Waals surface area contributed by atoms with E-state index in [0.29, 0.717) is 47.2 Å². The average Bonchev–Trinajstić information content (AvgIpc) is 3.35. The minimum atomic E-state index is 0.0847. The molecular formula is C20H21N5O4. The van der Waals surface area contributed by atoms with Gasteiger partial charge < -0.3 is 19.3 Å². The van der Waals surface area contributed by atoms with Crippen LogP contribution < -0.4 is 9.47 Å². The van der Waals surface area contributed by atoms with Gasteiger partial charge in [-0.2, -0.15) is 5.10 Å². The third-order valence-corrected chi connectivity index (χ3v) is 4.57. The summed E-state index contributed by atoms with van der Waals surface area (Å²) in [6.07, 6.45) is 5.27. The van der Waals surface area contributed by atoms with Gasteiger partial charge in [-0.3, -0.25) is 9.25 Å². The Kier molecular flexibility index (Phi) is 5.05. The Bertz CT molecular complexity index is 1150. The van der Waals surface area contributed by atoms with Crippen LogP contribution in [0.3, 0.4) is 0 Å². The fourth-order valence-electron chi connectivity index (χ4n) is 3.07. The van der Waals surface area contributed by atoms with Gasteiger partial charge in [0.25, 0.3) is 5.88 Å². The average molecular weight is 395 g/mol. The van der Waals surface area contributed by atoms with Crippen molar-refractivity contribution in [1.82, 2.24) is 24.3 Å². The molecule has 0 radical (unpaired) electrons. The molecule has 9 heteroatoms. The van der Waals surface area contributed by atoms with Crippen LogP contribution in [-0.4, -0.2) is 57.4 Å². The van der Waals surface area contributed by atoms with Gasteiger partial charge in [0.05, 0.1) is 44.0 Å². The van der Waals surface area contributed by atoms with E-state index in [9.17, 15) is 5.11 Å². The number of hydrogen-bond acceptors (Lipinski definition) is 7. The first kappa shape index (κ1) is 18.8. The Balaban J connectivity index is 1.71. The quantitative estimate of drug-likeness (QED) is 0.514. The van der Waals surface area contributed by atoms with Crippen molar-refractivity contribution in [3.63, 3.8) is 0 Å². The van der Waals surface area contributed by atoms with Crippen LogP contribution in [0.2, 0.25) is 0 Å². The Hall–Kier alpha value is -3.59. The van der Waals surface area contributed by atoms with Crippen LogP contribution in [0, 0.1) is 0 Å². The molecule has 9 nitrogen and oxygen atoms in total. The molecule has 150 valence electrons. The molecule has 0 unspecified atom stereocenters. The van der Waals surface area contributed by atoms with Gasteiger partial charge in [0.2, 0.25) is 5.88 Å². The van der Waals surface area contributed by atoms with Crippen molar-refractivity contribution in [3.8, 4) is 34.6 Å². The molecule has 1 N–H and O–H groups in total. The number of pyridine rings is 2.